The molecule has 0 radical (unpaired) electrons. The van der Waals surface area contributed by atoms with Crippen LogP contribution in [0.3, 0.4) is 0 Å². The molecule has 102 valence electrons. The lowest BCUT2D eigenvalue weighted by Gasteiger charge is -2.14. The minimum Gasteiger partial charge on any atom is -0.270 e. The summed E-state index contributed by atoms with van der Waals surface area (Å²) in [6, 6.07) is 2.29. The van der Waals surface area contributed by atoms with Crippen LogP contribution in [0.25, 0.3) is 0 Å². The Morgan fingerprint density at radius 1 is 1.47 bits per heavy atom. The zero-order chi connectivity index (χ0) is 13.2. The smallest absolute Gasteiger partial charge is 0.0986 e. The van der Waals surface area contributed by atoms with Gasteiger partial charge in [0, 0.05) is 16.3 Å². The number of nitrogens with two attached hydrogens (primary N) is 1. The van der Waals surface area contributed by atoms with Crippen molar-refractivity contribution in [3.63, 3.8) is 0 Å². The number of aryl methyl sites for hydroxylation is 3. The first-order valence-electron chi connectivity index (χ1n) is 6.79. The zero-order valence-electron chi connectivity index (χ0n) is 11.1. The van der Waals surface area contributed by atoms with Gasteiger partial charge in [-0.05, 0) is 44.2 Å². The summed E-state index contributed by atoms with van der Waals surface area (Å²) in [7, 11) is 0. The Morgan fingerprint density at radius 3 is 3.05 bits per heavy atom. The maximum Gasteiger partial charge on any atom is 0.0986 e. The van der Waals surface area contributed by atoms with Gasteiger partial charge in [0.25, 0.3) is 0 Å². The normalized spacial score (nSPS) is 16.3. The van der Waals surface area contributed by atoms with E-state index in [1.54, 1.807) is 6.20 Å². The van der Waals surface area contributed by atoms with E-state index in [4.69, 9.17) is 5.84 Å². The van der Waals surface area contributed by atoms with E-state index >= 15 is 0 Å². The second-order valence-electron chi connectivity index (χ2n) is 4.88. The molecule has 1 unspecified atom stereocenters. The molecule has 0 aliphatic heterocycles. The second kappa shape index (κ2) is 5.40. The van der Waals surface area contributed by atoms with Crippen LogP contribution in [0.1, 0.15) is 46.8 Å². The summed E-state index contributed by atoms with van der Waals surface area (Å²) in [6.45, 7) is 2.86. The van der Waals surface area contributed by atoms with Crippen molar-refractivity contribution < 1.29 is 0 Å². The van der Waals surface area contributed by atoms with E-state index in [1.165, 1.54) is 41.0 Å². The lowest BCUT2D eigenvalue weighted by Crippen LogP contribution is -2.30. The van der Waals surface area contributed by atoms with Gasteiger partial charge in [-0.25, -0.2) is 10.1 Å². The van der Waals surface area contributed by atoms with Crippen LogP contribution in [-0.4, -0.2) is 15.0 Å². The average molecular weight is 277 g/mol. The largest absolute Gasteiger partial charge is 0.270 e. The molecule has 0 aromatic carbocycles. The Bertz CT molecular complexity index is 536. The van der Waals surface area contributed by atoms with E-state index in [2.05, 4.69) is 28.7 Å². The van der Waals surface area contributed by atoms with Crippen molar-refractivity contribution in [1.29, 1.82) is 0 Å². The van der Waals surface area contributed by atoms with E-state index in [1.807, 2.05) is 16.0 Å². The van der Waals surface area contributed by atoms with Gasteiger partial charge in [0.05, 0.1) is 17.9 Å². The van der Waals surface area contributed by atoms with Gasteiger partial charge >= 0.3 is 0 Å². The van der Waals surface area contributed by atoms with Crippen molar-refractivity contribution in [1.82, 2.24) is 20.4 Å². The molecule has 0 spiro atoms. The third-order valence-electron chi connectivity index (χ3n) is 3.71. The Morgan fingerprint density at radius 2 is 2.32 bits per heavy atom. The van der Waals surface area contributed by atoms with Crippen molar-refractivity contribution in [2.45, 2.75) is 45.2 Å². The number of aromatic nitrogens is 3. The maximum absolute atomic E-state index is 5.77. The van der Waals surface area contributed by atoms with Crippen LogP contribution in [0.15, 0.2) is 12.3 Å². The molecule has 0 amide bonds. The highest BCUT2D eigenvalue weighted by Crippen LogP contribution is 2.34. The molecule has 1 atom stereocenters. The molecule has 19 heavy (non-hydrogen) atoms. The Labute approximate surface area is 116 Å². The number of nitrogens with zero attached hydrogens (tertiary/aromatic N) is 3. The van der Waals surface area contributed by atoms with Crippen LogP contribution >= 0.6 is 11.3 Å². The summed E-state index contributed by atoms with van der Waals surface area (Å²) in [5.41, 5.74) is 5.45. The Hall–Kier alpha value is -1.24. The topological polar surface area (TPSA) is 68.8 Å². The summed E-state index contributed by atoms with van der Waals surface area (Å²) in [5, 5.41) is 8.08. The fourth-order valence-electron chi connectivity index (χ4n) is 2.70. The number of rotatable bonds is 4. The van der Waals surface area contributed by atoms with Gasteiger partial charge < -0.3 is 0 Å². The first-order chi connectivity index (χ1) is 9.33. The predicted octanol–water partition coefficient (Wildman–Crippen LogP) is 1.79. The minimum absolute atomic E-state index is 0.00875. The lowest BCUT2D eigenvalue weighted by atomic mass is 9.98. The first-order valence-corrected chi connectivity index (χ1v) is 7.61. The molecule has 0 fully saturated rings. The molecule has 2 aromatic rings. The molecule has 0 saturated heterocycles. The SMILES string of the molecule is CCn1nncc1C(NN)c1cc2c(s1)CCCC2. The molecular weight excluding hydrogens is 258 g/mol. The Balaban J connectivity index is 1.96. The molecule has 3 rings (SSSR count). The van der Waals surface area contributed by atoms with Gasteiger partial charge in [-0.15, -0.1) is 16.4 Å². The van der Waals surface area contributed by atoms with Crippen LogP contribution in [0.5, 0.6) is 0 Å². The highest BCUT2D eigenvalue weighted by molar-refractivity contribution is 7.12. The highest BCUT2D eigenvalue weighted by atomic mass is 32.1. The van der Waals surface area contributed by atoms with Crippen LogP contribution in [-0.2, 0) is 19.4 Å². The van der Waals surface area contributed by atoms with Gasteiger partial charge in [0.2, 0.25) is 0 Å². The first kappa shape index (κ1) is 12.8. The molecule has 3 N–H and O–H groups in total. The van der Waals surface area contributed by atoms with Crippen LogP contribution in [0, 0.1) is 0 Å². The van der Waals surface area contributed by atoms with E-state index in [0.717, 1.165) is 12.2 Å². The second-order valence-corrected chi connectivity index (χ2v) is 6.05. The zero-order valence-corrected chi connectivity index (χ0v) is 11.9. The van der Waals surface area contributed by atoms with Gasteiger partial charge in [0.1, 0.15) is 0 Å². The number of thiophene rings is 1. The van der Waals surface area contributed by atoms with Gasteiger partial charge in [-0.1, -0.05) is 5.21 Å². The monoisotopic (exact) mass is 277 g/mol. The molecular formula is C13H19N5S. The van der Waals surface area contributed by atoms with Gasteiger partial charge in [-0.2, -0.15) is 0 Å². The number of nitrogens with one attached hydrogen (secondary N) is 1. The molecule has 6 heteroatoms. The van der Waals surface area contributed by atoms with Gasteiger partial charge in [0.15, 0.2) is 0 Å². The van der Waals surface area contributed by atoms with E-state index in [-0.39, 0.29) is 6.04 Å². The number of hydrazine groups is 1. The van der Waals surface area contributed by atoms with Gasteiger partial charge in [-0.3, -0.25) is 5.84 Å². The number of hydrogen-bond donors (Lipinski definition) is 2. The van der Waals surface area contributed by atoms with Crippen molar-refractivity contribution in [2.24, 2.45) is 5.84 Å². The predicted molar refractivity (Wildman–Crippen MR) is 75.8 cm³/mol. The third kappa shape index (κ3) is 2.31. The number of hydrogen-bond acceptors (Lipinski definition) is 5. The van der Waals surface area contributed by atoms with Crippen molar-refractivity contribution in [3.8, 4) is 0 Å². The Kier molecular flexibility index (Phi) is 3.63. The van der Waals surface area contributed by atoms with Crippen molar-refractivity contribution >= 4 is 11.3 Å². The molecule has 1 aliphatic carbocycles. The lowest BCUT2D eigenvalue weighted by molar-refractivity contribution is 0.539. The molecule has 2 heterocycles. The fourth-order valence-corrected chi connectivity index (χ4v) is 4.03. The summed E-state index contributed by atoms with van der Waals surface area (Å²) in [5.74, 6) is 5.77. The quantitative estimate of drug-likeness (QED) is 0.660. The molecule has 2 aromatic heterocycles. The average Bonchev–Trinajstić information content (AvgIpc) is 3.05. The molecule has 1 aliphatic rings. The summed E-state index contributed by atoms with van der Waals surface area (Å²) in [4.78, 5) is 2.79. The molecule has 0 saturated carbocycles. The van der Waals surface area contributed by atoms with Crippen molar-refractivity contribution in [3.05, 3.63) is 33.3 Å². The summed E-state index contributed by atoms with van der Waals surface area (Å²) < 4.78 is 1.89. The van der Waals surface area contributed by atoms with E-state index in [9.17, 15) is 0 Å². The van der Waals surface area contributed by atoms with Crippen LogP contribution in [0.4, 0.5) is 0 Å². The highest BCUT2D eigenvalue weighted by Gasteiger charge is 2.22. The summed E-state index contributed by atoms with van der Waals surface area (Å²) >= 11 is 1.87. The fraction of sp³-hybridized carbons (Fsp3) is 0.538. The summed E-state index contributed by atoms with van der Waals surface area (Å²) in [6.07, 6.45) is 6.82. The molecule has 0 bridgehead atoms. The number of fused-ring (bicyclic) bond motifs is 1. The third-order valence-corrected chi connectivity index (χ3v) is 5.01. The van der Waals surface area contributed by atoms with E-state index < -0.39 is 0 Å². The minimum atomic E-state index is -0.00875. The van der Waals surface area contributed by atoms with Crippen molar-refractivity contribution in [2.75, 3.05) is 0 Å². The van der Waals surface area contributed by atoms with Crippen LogP contribution < -0.4 is 11.3 Å². The molecule has 5 nitrogen and oxygen atoms in total. The standard InChI is InChI=1S/C13H19N5S/c1-2-18-10(8-15-17-18)13(16-14)12-7-9-5-3-4-6-11(9)19-12/h7-8,13,16H,2-6,14H2,1H3. The maximum atomic E-state index is 5.77. The van der Waals surface area contributed by atoms with Crippen LogP contribution in [0.2, 0.25) is 0 Å². The van der Waals surface area contributed by atoms with E-state index in [0.29, 0.717) is 0 Å².